The lowest BCUT2D eigenvalue weighted by molar-refractivity contribution is -0.138. The van der Waals surface area contributed by atoms with Gasteiger partial charge in [-0.2, -0.15) is 26.3 Å². The van der Waals surface area contributed by atoms with Crippen molar-refractivity contribution in [2.45, 2.75) is 12.4 Å². The molecule has 0 fully saturated rings. The van der Waals surface area contributed by atoms with Crippen LogP contribution < -0.4 is 0 Å². The van der Waals surface area contributed by atoms with E-state index in [9.17, 15) is 30.7 Å². The van der Waals surface area contributed by atoms with Gasteiger partial charge in [-0.25, -0.2) is 4.39 Å². The predicted octanol–water partition coefficient (Wildman–Crippen LogP) is 4.93. The highest BCUT2D eigenvalue weighted by Crippen LogP contribution is 2.33. The van der Waals surface area contributed by atoms with E-state index < -0.39 is 35.0 Å². The number of benzene rings is 1. The lowest BCUT2D eigenvalue weighted by atomic mass is 10.1. The standard InChI is InChI=1S/C13H6F7N/c14-10-5-9(13(18,19)20)6-21-11(10)7-1-3-8(4-2-7)12(15,16)17/h1-6H. The fraction of sp³-hybridized carbons (Fsp3) is 0.154. The number of rotatable bonds is 1. The van der Waals surface area contributed by atoms with Gasteiger partial charge in [0.15, 0.2) is 0 Å². The van der Waals surface area contributed by atoms with Crippen LogP contribution in [0.4, 0.5) is 30.7 Å². The molecule has 0 N–H and O–H groups in total. The normalized spacial score (nSPS) is 12.5. The van der Waals surface area contributed by atoms with Gasteiger partial charge in [-0.15, -0.1) is 0 Å². The number of hydrogen-bond acceptors (Lipinski definition) is 1. The second kappa shape index (κ2) is 5.01. The predicted molar refractivity (Wildman–Crippen MR) is 59.6 cm³/mol. The van der Waals surface area contributed by atoms with Crippen LogP contribution in [0.25, 0.3) is 11.3 Å². The van der Waals surface area contributed by atoms with Crippen LogP contribution in [0.15, 0.2) is 36.5 Å². The molecule has 2 rings (SSSR count). The average molecular weight is 309 g/mol. The summed E-state index contributed by atoms with van der Waals surface area (Å²) in [6.45, 7) is 0. The van der Waals surface area contributed by atoms with E-state index in [0.29, 0.717) is 18.3 Å². The summed E-state index contributed by atoms with van der Waals surface area (Å²) in [6.07, 6.45) is -8.87. The highest BCUT2D eigenvalue weighted by Gasteiger charge is 2.32. The molecule has 112 valence electrons. The Morgan fingerprint density at radius 1 is 0.762 bits per heavy atom. The first-order valence-corrected chi connectivity index (χ1v) is 5.49. The minimum atomic E-state index is -4.74. The van der Waals surface area contributed by atoms with E-state index in [2.05, 4.69) is 4.98 Å². The van der Waals surface area contributed by atoms with Gasteiger partial charge in [0.1, 0.15) is 11.5 Å². The maximum atomic E-state index is 13.6. The summed E-state index contributed by atoms with van der Waals surface area (Å²) in [5, 5.41) is 0. The molecule has 2 aromatic rings. The minimum Gasteiger partial charge on any atom is -0.253 e. The Morgan fingerprint density at radius 3 is 1.71 bits per heavy atom. The van der Waals surface area contributed by atoms with Gasteiger partial charge in [-0.1, -0.05) is 12.1 Å². The SMILES string of the molecule is Fc1cc(C(F)(F)F)cnc1-c1ccc(C(F)(F)F)cc1. The molecule has 21 heavy (non-hydrogen) atoms. The Morgan fingerprint density at radius 2 is 1.29 bits per heavy atom. The molecule has 0 saturated heterocycles. The molecule has 0 amide bonds. The molecule has 1 aromatic carbocycles. The van der Waals surface area contributed by atoms with Crippen molar-refractivity contribution < 1.29 is 30.7 Å². The largest absolute Gasteiger partial charge is 0.417 e. The third-order valence-corrected chi connectivity index (χ3v) is 2.65. The number of alkyl halides is 6. The number of halogens is 7. The summed E-state index contributed by atoms with van der Waals surface area (Å²) in [6, 6.07) is 3.55. The topological polar surface area (TPSA) is 12.9 Å². The lowest BCUT2D eigenvalue weighted by Gasteiger charge is -2.10. The van der Waals surface area contributed by atoms with Crippen molar-refractivity contribution in [3.05, 3.63) is 53.5 Å². The number of pyridine rings is 1. The number of hydrogen-bond donors (Lipinski definition) is 0. The maximum absolute atomic E-state index is 13.6. The zero-order chi connectivity index (χ0) is 15.8. The first-order chi connectivity index (χ1) is 9.59. The van der Waals surface area contributed by atoms with E-state index in [1.54, 1.807) is 0 Å². The molecule has 1 heterocycles. The van der Waals surface area contributed by atoms with Crippen LogP contribution >= 0.6 is 0 Å². The van der Waals surface area contributed by atoms with Crippen molar-refractivity contribution >= 4 is 0 Å². The van der Waals surface area contributed by atoms with Gasteiger partial charge < -0.3 is 0 Å². The van der Waals surface area contributed by atoms with E-state index in [1.807, 2.05) is 0 Å². The average Bonchev–Trinajstić information content (AvgIpc) is 2.36. The zero-order valence-corrected chi connectivity index (χ0v) is 10.1. The molecule has 0 radical (unpaired) electrons. The second-order valence-corrected chi connectivity index (χ2v) is 4.13. The molecule has 0 atom stereocenters. The summed E-state index contributed by atoms with van der Waals surface area (Å²) < 4.78 is 87.8. The van der Waals surface area contributed by atoms with Crippen molar-refractivity contribution in [3.8, 4) is 11.3 Å². The van der Waals surface area contributed by atoms with Gasteiger partial charge in [0.05, 0.1) is 11.1 Å². The summed E-state index contributed by atoms with van der Waals surface area (Å²) in [5.74, 6) is -1.26. The van der Waals surface area contributed by atoms with Gasteiger partial charge in [-0.05, 0) is 18.2 Å². The molecule has 8 heteroatoms. The van der Waals surface area contributed by atoms with Crippen LogP contribution in [0, 0.1) is 5.82 Å². The third-order valence-electron chi connectivity index (χ3n) is 2.65. The zero-order valence-electron chi connectivity index (χ0n) is 10.1. The van der Waals surface area contributed by atoms with E-state index in [-0.39, 0.29) is 11.6 Å². The molecular formula is C13H6F7N. The summed E-state index contributed by atoms with van der Waals surface area (Å²) in [5.41, 5.74) is -2.71. The molecular weight excluding hydrogens is 303 g/mol. The van der Waals surface area contributed by atoms with Gasteiger partial charge >= 0.3 is 12.4 Å². The van der Waals surface area contributed by atoms with Crippen LogP contribution in [0.2, 0.25) is 0 Å². The van der Waals surface area contributed by atoms with Crippen LogP contribution in [-0.2, 0) is 12.4 Å². The monoisotopic (exact) mass is 309 g/mol. The van der Waals surface area contributed by atoms with Gasteiger partial charge in [0, 0.05) is 11.8 Å². The minimum absolute atomic E-state index is 0.0470. The Bertz CT molecular complexity index is 641. The van der Waals surface area contributed by atoms with Crippen molar-refractivity contribution in [3.63, 3.8) is 0 Å². The number of nitrogens with zero attached hydrogens (tertiary/aromatic N) is 1. The van der Waals surface area contributed by atoms with Gasteiger partial charge in [0.2, 0.25) is 0 Å². The van der Waals surface area contributed by atoms with E-state index in [0.717, 1.165) is 12.1 Å². The van der Waals surface area contributed by atoms with E-state index in [4.69, 9.17) is 0 Å². The van der Waals surface area contributed by atoms with Crippen molar-refractivity contribution in [1.82, 2.24) is 4.98 Å². The Hall–Kier alpha value is -2.12. The fourth-order valence-corrected chi connectivity index (χ4v) is 1.62. The third kappa shape index (κ3) is 3.32. The first-order valence-electron chi connectivity index (χ1n) is 5.49. The van der Waals surface area contributed by atoms with Crippen LogP contribution in [0.1, 0.15) is 11.1 Å². The molecule has 0 bridgehead atoms. The summed E-state index contributed by atoms with van der Waals surface area (Å²) in [4.78, 5) is 3.33. The Kier molecular flexibility index (Phi) is 3.65. The van der Waals surface area contributed by atoms with Gasteiger partial charge in [-0.3, -0.25) is 4.98 Å². The van der Waals surface area contributed by atoms with Crippen molar-refractivity contribution in [1.29, 1.82) is 0 Å². The van der Waals surface area contributed by atoms with Gasteiger partial charge in [0.25, 0.3) is 0 Å². The number of aromatic nitrogens is 1. The van der Waals surface area contributed by atoms with Crippen LogP contribution in [0.3, 0.4) is 0 Å². The van der Waals surface area contributed by atoms with Crippen LogP contribution in [0.5, 0.6) is 0 Å². The Labute approximate surface area is 114 Å². The second-order valence-electron chi connectivity index (χ2n) is 4.13. The highest BCUT2D eigenvalue weighted by molar-refractivity contribution is 5.60. The molecule has 0 aliphatic carbocycles. The molecule has 0 aliphatic heterocycles. The lowest BCUT2D eigenvalue weighted by Crippen LogP contribution is -2.07. The molecule has 1 aromatic heterocycles. The van der Waals surface area contributed by atoms with E-state index in [1.165, 1.54) is 0 Å². The molecule has 1 nitrogen and oxygen atoms in total. The van der Waals surface area contributed by atoms with E-state index >= 15 is 0 Å². The molecule has 0 unspecified atom stereocenters. The highest BCUT2D eigenvalue weighted by atomic mass is 19.4. The Balaban J connectivity index is 2.39. The quantitative estimate of drug-likeness (QED) is 0.681. The van der Waals surface area contributed by atoms with Crippen LogP contribution in [-0.4, -0.2) is 4.98 Å². The summed E-state index contributed by atoms with van der Waals surface area (Å²) in [7, 11) is 0. The molecule has 0 spiro atoms. The summed E-state index contributed by atoms with van der Waals surface area (Å²) >= 11 is 0. The first kappa shape index (κ1) is 15.3. The fourth-order valence-electron chi connectivity index (χ4n) is 1.62. The molecule has 0 saturated carbocycles. The maximum Gasteiger partial charge on any atom is 0.417 e. The van der Waals surface area contributed by atoms with Crippen molar-refractivity contribution in [2.24, 2.45) is 0 Å². The molecule has 0 aliphatic rings. The smallest absolute Gasteiger partial charge is 0.253 e. The van der Waals surface area contributed by atoms with Crippen molar-refractivity contribution in [2.75, 3.05) is 0 Å².